The van der Waals surface area contributed by atoms with Gasteiger partial charge in [-0.25, -0.2) is 14.8 Å². The predicted octanol–water partition coefficient (Wildman–Crippen LogP) is 0.566. The first-order valence-corrected chi connectivity index (χ1v) is 10.3. The lowest BCUT2D eigenvalue weighted by Crippen LogP contribution is -2.55. The van der Waals surface area contributed by atoms with Gasteiger partial charge < -0.3 is 24.8 Å². The van der Waals surface area contributed by atoms with Crippen molar-refractivity contribution in [3.05, 3.63) is 18.5 Å². The number of halogens is 1. The molecule has 1 amide bonds. The first-order valence-electron chi connectivity index (χ1n) is 10.3. The largest absolute Gasteiger partial charge is 0.450 e. The summed E-state index contributed by atoms with van der Waals surface area (Å²) in [6, 6.07) is 1.84. The molecule has 0 atom stereocenters. The highest BCUT2D eigenvalue weighted by atomic mass is 127. The molecule has 2 fully saturated rings. The van der Waals surface area contributed by atoms with Gasteiger partial charge in [0.05, 0.1) is 6.61 Å². The Bertz CT molecular complexity index is 662. The van der Waals surface area contributed by atoms with E-state index in [1.54, 1.807) is 24.3 Å². The molecule has 3 heterocycles. The van der Waals surface area contributed by atoms with Crippen molar-refractivity contribution in [1.29, 1.82) is 0 Å². The summed E-state index contributed by atoms with van der Waals surface area (Å²) in [4.78, 5) is 33.5. The van der Waals surface area contributed by atoms with Crippen LogP contribution in [0, 0.1) is 0 Å². The van der Waals surface area contributed by atoms with E-state index in [9.17, 15) is 4.79 Å². The second kappa shape index (κ2) is 12.7. The SMILES string of the molecule is CCOC(=O)N1CCN(C(=NC)NCCN2CCN(c3ncccn3)CC2)CC1.I. The molecule has 168 valence electrons. The van der Waals surface area contributed by atoms with Crippen molar-refractivity contribution in [3.63, 3.8) is 0 Å². The van der Waals surface area contributed by atoms with Crippen LogP contribution in [0.1, 0.15) is 6.92 Å². The summed E-state index contributed by atoms with van der Waals surface area (Å²) in [6.45, 7) is 10.7. The lowest BCUT2D eigenvalue weighted by Gasteiger charge is -2.37. The molecule has 0 spiro atoms. The Hall–Kier alpha value is -1.89. The third-order valence-corrected chi connectivity index (χ3v) is 5.24. The molecule has 0 saturated carbocycles. The van der Waals surface area contributed by atoms with E-state index < -0.39 is 0 Å². The van der Waals surface area contributed by atoms with Crippen LogP contribution in [-0.4, -0.2) is 116 Å². The van der Waals surface area contributed by atoms with Crippen molar-refractivity contribution >= 4 is 42.0 Å². The minimum atomic E-state index is -0.227. The summed E-state index contributed by atoms with van der Waals surface area (Å²) in [5.41, 5.74) is 0. The Morgan fingerprint density at radius 2 is 1.70 bits per heavy atom. The number of hydrogen-bond acceptors (Lipinski definition) is 7. The van der Waals surface area contributed by atoms with E-state index >= 15 is 0 Å². The first-order chi connectivity index (χ1) is 14.2. The quantitative estimate of drug-likeness (QED) is 0.335. The second-order valence-electron chi connectivity index (χ2n) is 7.02. The van der Waals surface area contributed by atoms with E-state index in [0.29, 0.717) is 19.7 Å². The number of aliphatic imine (C=N–C) groups is 1. The van der Waals surface area contributed by atoms with E-state index in [2.05, 4.69) is 35.0 Å². The number of ether oxygens (including phenoxy) is 1. The molecule has 2 aliphatic heterocycles. The van der Waals surface area contributed by atoms with Gasteiger partial charge in [0.25, 0.3) is 0 Å². The molecule has 3 rings (SSSR count). The topological polar surface area (TPSA) is 89.4 Å². The highest BCUT2D eigenvalue weighted by molar-refractivity contribution is 14.0. The van der Waals surface area contributed by atoms with Gasteiger partial charge in [-0.1, -0.05) is 0 Å². The molecule has 0 bridgehead atoms. The van der Waals surface area contributed by atoms with Crippen molar-refractivity contribution in [3.8, 4) is 0 Å². The van der Waals surface area contributed by atoms with Crippen LogP contribution < -0.4 is 10.2 Å². The second-order valence-corrected chi connectivity index (χ2v) is 7.02. The Kier molecular flexibility index (Phi) is 10.3. The Labute approximate surface area is 195 Å². The molecule has 0 radical (unpaired) electrons. The average molecular weight is 532 g/mol. The molecule has 1 aromatic rings. The monoisotopic (exact) mass is 532 g/mol. The number of nitrogens with zero attached hydrogens (tertiary/aromatic N) is 7. The van der Waals surface area contributed by atoms with Crippen molar-refractivity contribution < 1.29 is 9.53 Å². The van der Waals surface area contributed by atoms with Crippen LogP contribution in [0.15, 0.2) is 23.5 Å². The van der Waals surface area contributed by atoms with Crippen LogP contribution in [-0.2, 0) is 4.74 Å². The van der Waals surface area contributed by atoms with Crippen molar-refractivity contribution in [2.45, 2.75) is 6.92 Å². The number of carbonyl (C=O) groups is 1. The Morgan fingerprint density at radius 1 is 1.07 bits per heavy atom. The van der Waals surface area contributed by atoms with E-state index in [0.717, 1.165) is 64.3 Å². The van der Waals surface area contributed by atoms with E-state index in [1.807, 2.05) is 13.0 Å². The van der Waals surface area contributed by atoms with Crippen molar-refractivity contribution in [2.24, 2.45) is 4.99 Å². The number of aromatic nitrogens is 2. The van der Waals surface area contributed by atoms with E-state index in [-0.39, 0.29) is 30.1 Å². The van der Waals surface area contributed by atoms with Crippen LogP contribution in [0.25, 0.3) is 0 Å². The number of amides is 1. The van der Waals surface area contributed by atoms with Crippen molar-refractivity contribution in [2.75, 3.05) is 84.0 Å². The zero-order valence-electron chi connectivity index (χ0n) is 17.9. The molecule has 0 aliphatic carbocycles. The third-order valence-electron chi connectivity index (χ3n) is 5.24. The van der Waals surface area contributed by atoms with Gasteiger partial charge in [-0.15, -0.1) is 24.0 Å². The van der Waals surface area contributed by atoms with Gasteiger partial charge in [0, 0.05) is 84.9 Å². The first kappa shape index (κ1) is 24.4. The van der Waals surface area contributed by atoms with Crippen LogP contribution in [0.5, 0.6) is 0 Å². The fourth-order valence-corrected chi connectivity index (χ4v) is 3.60. The van der Waals surface area contributed by atoms with Gasteiger partial charge >= 0.3 is 6.09 Å². The normalized spacial score (nSPS) is 18.1. The molecule has 10 nitrogen and oxygen atoms in total. The molecule has 0 unspecified atom stereocenters. The molecule has 11 heteroatoms. The summed E-state index contributed by atoms with van der Waals surface area (Å²) in [5.74, 6) is 1.71. The summed E-state index contributed by atoms with van der Waals surface area (Å²) < 4.78 is 5.08. The fraction of sp³-hybridized carbons (Fsp3) is 0.684. The molecular weight excluding hydrogens is 499 g/mol. The molecule has 1 aromatic heterocycles. The molecule has 1 N–H and O–H groups in total. The number of piperazine rings is 2. The van der Waals surface area contributed by atoms with Crippen LogP contribution in [0.2, 0.25) is 0 Å². The third kappa shape index (κ3) is 6.83. The number of guanidine groups is 1. The molecule has 30 heavy (non-hydrogen) atoms. The summed E-state index contributed by atoms with van der Waals surface area (Å²) >= 11 is 0. The number of anilines is 1. The summed E-state index contributed by atoms with van der Waals surface area (Å²) in [5, 5.41) is 3.46. The zero-order chi connectivity index (χ0) is 20.5. The number of nitrogens with one attached hydrogen (secondary N) is 1. The van der Waals surface area contributed by atoms with Gasteiger partial charge in [-0.3, -0.25) is 9.89 Å². The zero-order valence-corrected chi connectivity index (χ0v) is 20.2. The van der Waals surface area contributed by atoms with Crippen molar-refractivity contribution in [1.82, 2.24) is 30.0 Å². The smallest absolute Gasteiger partial charge is 0.409 e. The minimum absolute atomic E-state index is 0. The highest BCUT2D eigenvalue weighted by Crippen LogP contribution is 2.09. The molecule has 2 aliphatic rings. The van der Waals surface area contributed by atoms with Crippen LogP contribution in [0.4, 0.5) is 10.7 Å². The standard InChI is InChI=1S/C19H32N8O2.HI/c1-3-29-19(28)27-15-13-25(14-16-27)17(20-2)23-7-8-24-9-11-26(12-10-24)18-21-5-4-6-22-18;/h4-6H,3,7-16H2,1-2H3,(H,20,23);1H. The number of carbonyl (C=O) groups excluding carboxylic acids is 1. The Balaban J connectivity index is 0.00000320. The van der Waals surface area contributed by atoms with E-state index in [1.165, 1.54) is 0 Å². The van der Waals surface area contributed by atoms with Gasteiger partial charge in [0.1, 0.15) is 0 Å². The van der Waals surface area contributed by atoms with Gasteiger partial charge in [0.15, 0.2) is 5.96 Å². The lowest BCUT2D eigenvalue weighted by molar-refractivity contribution is 0.0914. The molecule has 0 aromatic carbocycles. The Morgan fingerprint density at radius 3 is 2.30 bits per heavy atom. The van der Waals surface area contributed by atoms with Crippen LogP contribution in [0.3, 0.4) is 0 Å². The molecule has 2 saturated heterocycles. The summed E-state index contributed by atoms with van der Waals surface area (Å²) in [6.07, 6.45) is 3.35. The van der Waals surface area contributed by atoms with Gasteiger partial charge in [-0.2, -0.15) is 0 Å². The number of rotatable bonds is 5. The summed E-state index contributed by atoms with van der Waals surface area (Å²) in [7, 11) is 1.80. The van der Waals surface area contributed by atoms with E-state index in [4.69, 9.17) is 4.74 Å². The fourth-order valence-electron chi connectivity index (χ4n) is 3.60. The highest BCUT2D eigenvalue weighted by Gasteiger charge is 2.24. The minimum Gasteiger partial charge on any atom is -0.450 e. The van der Waals surface area contributed by atoms with Gasteiger partial charge in [0.2, 0.25) is 5.95 Å². The maximum absolute atomic E-state index is 11.8. The number of hydrogen-bond donors (Lipinski definition) is 1. The predicted molar refractivity (Wildman–Crippen MR) is 128 cm³/mol. The van der Waals surface area contributed by atoms with Crippen LogP contribution >= 0.6 is 24.0 Å². The molecular formula is C19H33IN8O2. The van der Waals surface area contributed by atoms with Gasteiger partial charge in [-0.05, 0) is 13.0 Å². The average Bonchev–Trinajstić information content (AvgIpc) is 2.78. The lowest BCUT2D eigenvalue weighted by atomic mass is 10.3. The maximum Gasteiger partial charge on any atom is 0.409 e. The maximum atomic E-state index is 11.8.